The Balaban J connectivity index is 1.51. The first-order valence-electron chi connectivity index (χ1n) is 9.28. The highest BCUT2D eigenvalue weighted by atomic mass is 19.1. The van der Waals surface area contributed by atoms with E-state index in [1.54, 1.807) is 24.3 Å². The molecule has 3 rings (SSSR count). The summed E-state index contributed by atoms with van der Waals surface area (Å²) in [5.74, 6) is -0.421. The van der Waals surface area contributed by atoms with Crippen LogP contribution in [-0.2, 0) is 26.2 Å². The van der Waals surface area contributed by atoms with Gasteiger partial charge in [-0.15, -0.1) is 0 Å². The van der Waals surface area contributed by atoms with Crippen LogP contribution >= 0.6 is 0 Å². The van der Waals surface area contributed by atoms with Crippen LogP contribution in [0.1, 0.15) is 22.4 Å². The SMILES string of the molecule is CN(Cc1ccc(CN(C)Cc2cccc(F)c2)nc1)Cc1cccc(F)c1. The number of halogens is 2. The Hall–Kier alpha value is -2.63. The minimum absolute atomic E-state index is 0.209. The number of rotatable bonds is 8. The Morgan fingerprint density at radius 3 is 1.71 bits per heavy atom. The van der Waals surface area contributed by atoms with Crippen LogP contribution in [0, 0.1) is 11.6 Å². The summed E-state index contributed by atoms with van der Waals surface area (Å²) in [5.41, 5.74) is 3.97. The predicted octanol–water partition coefficient (Wildman–Crippen LogP) is 4.62. The minimum Gasteiger partial charge on any atom is -0.298 e. The Morgan fingerprint density at radius 1 is 0.679 bits per heavy atom. The van der Waals surface area contributed by atoms with Crippen LogP contribution in [0.15, 0.2) is 66.9 Å². The molecular formula is C23H25F2N3. The summed E-state index contributed by atoms with van der Waals surface area (Å²) < 4.78 is 26.6. The normalized spacial score (nSPS) is 11.4. The van der Waals surface area contributed by atoms with Gasteiger partial charge in [-0.25, -0.2) is 8.78 Å². The maximum Gasteiger partial charge on any atom is 0.123 e. The first kappa shape index (κ1) is 20.1. The fraction of sp³-hybridized carbons (Fsp3) is 0.261. The van der Waals surface area contributed by atoms with Crippen LogP contribution in [0.5, 0.6) is 0 Å². The second-order valence-electron chi connectivity index (χ2n) is 7.26. The Bertz CT molecular complexity index is 822. The monoisotopic (exact) mass is 381 g/mol. The molecule has 0 aliphatic rings. The van der Waals surface area contributed by atoms with Crippen molar-refractivity contribution in [3.8, 4) is 0 Å². The van der Waals surface area contributed by atoms with Gasteiger partial charge in [0, 0.05) is 32.4 Å². The third-order valence-electron chi connectivity index (χ3n) is 4.45. The summed E-state index contributed by atoms with van der Waals surface area (Å²) >= 11 is 0. The molecule has 2 aromatic carbocycles. The number of hydrogen-bond donors (Lipinski definition) is 0. The van der Waals surface area contributed by atoms with Gasteiger partial charge in [0.15, 0.2) is 0 Å². The number of hydrogen-bond acceptors (Lipinski definition) is 3. The highest BCUT2D eigenvalue weighted by Crippen LogP contribution is 2.12. The average Bonchev–Trinajstić information content (AvgIpc) is 2.63. The van der Waals surface area contributed by atoms with Crippen molar-refractivity contribution in [3.63, 3.8) is 0 Å². The maximum atomic E-state index is 13.3. The van der Waals surface area contributed by atoms with Crippen LogP contribution in [0.3, 0.4) is 0 Å². The third-order valence-corrected chi connectivity index (χ3v) is 4.45. The molecule has 3 nitrogen and oxygen atoms in total. The van der Waals surface area contributed by atoms with E-state index < -0.39 is 0 Å². The molecule has 0 spiro atoms. The lowest BCUT2D eigenvalue weighted by atomic mass is 10.2. The van der Waals surface area contributed by atoms with Crippen molar-refractivity contribution >= 4 is 0 Å². The molecule has 0 aliphatic carbocycles. The molecule has 0 N–H and O–H groups in total. The zero-order chi connectivity index (χ0) is 19.9. The standard InChI is InChI=1S/C23H25F2N3/c1-27(14-18-5-3-7-21(24)11-18)16-20-9-10-23(26-13-20)17-28(2)15-19-6-4-8-22(25)12-19/h3-13H,14-17H2,1-2H3. The van der Waals surface area contributed by atoms with E-state index in [1.165, 1.54) is 12.1 Å². The van der Waals surface area contributed by atoms with Gasteiger partial charge >= 0.3 is 0 Å². The van der Waals surface area contributed by atoms with E-state index in [0.29, 0.717) is 19.6 Å². The highest BCUT2D eigenvalue weighted by molar-refractivity contribution is 5.18. The zero-order valence-electron chi connectivity index (χ0n) is 16.3. The zero-order valence-corrected chi connectivity index (χ0v) is 16.3. The summed E-state index contributed by atoms with van der Waals surface area (Å²) in [4.78, 5) is 8.78. The predicted molar refractivity (Wildman–Crippen MR) is 107 cm³/mol. The molecular weight excluding hydrogens is 356 g/mol. The molecule has 1 aromatic heterocycles. The van der Waals surface area contributed by atoms with E-state index in [0.717, 1.165) is 28.9 Å². The summed E-state index contributed by atoms with van der Waals surface area (Å²) in [6, 6.07) is 17.4. The van der Waals surface area contributed by atoms with Gasteiger partial charge in [-0.3, -0.25) is 14.8 Å². The Labute approximate surface area is 165 Å². The van der Waals surface area contributed by atoms with Crippen LogP contribution in [0.2, 0.25) is 0 Å². The highest BCUT2D eigenvalue weighted by Gasteiger charge is 2.06. The molecule has 5 heteroatoms. The van der Waals surface area contributed by atoms with Gasteiger partial charge in [-0.05, 0) is 61.1 Å². The molecule has 146 valence electrons. The summed E-state index contributed by atoms with van der Waals surface area (Å²) in [6.07, 6.45) is 1.88. The van der Waals surface area contributed by atoms with E-state index in [9.17, 15) is 8.78 Å². The van der Waals surface area contributed by atoms with Gasteiger partial charge in [0.25, 0.3) is 0 Å². The third kappa shape index (κ3) is 6.22. The fourth-order valence-corrected chi connectivity index (χ4v) is 3.24. The summed E-state index contributed by atoms with van der Waals surface area (Å²) in [7, 11) is 4.00. The van der Waals surface area contributed by atoms with Gasteiger partial charge in [-0.1, -0.05) is 30.3 Å². The second kappa shape index (κ2) is 9.53. The summed E-state index contributed by atoms with van der Waals surface area (Å²) in [6.45, 7) is 2.77. The van der Waals surface area contributed by atoms with Crippen molar-refractivity contribution in [1.82, 2.24) is 14.8 Å². The van der Waals surface area contributed by atoms with E-state index >= 15 is 0 Å². The van der Waals surface area contributed by atoms with E-state index in [4.69, 9.17) is 0 Å². The van der Waals surface area contributed by atoms with Crippen molar-refractivity contribution < 1.29 is 8.78 Å². The average molecular weight is 381 g/mol. The number of pyridine rings is 1. The lowest BCUT2D eigenvalue weighted by Gasteiger charge is -2.18. The van der Waals surface area contributed by atoms with Gasteiger partial charge in [-0.2, -0.15) is 0 Å². The molecule has 0 atom stereocenters. The molecule has 0 fully saturated rings. The second-order valence-corrected chi connectivity index (χ2v) is 7.26. The molecule has 0 saturated heterocycles. The molecule has 0 saturated carbocycles. The molecule has 0 amide bonds. The number of aromatic nitrogens is 1. The first-order chi connectivity index (χ1) is 13.5. The van der Waals surface area contributed by atoms with Crippen LogP contribution in [-0.4, -0.2) is 28.9 Å². The number of benzene rings is 2. The number of nitrogens with zero attached hydrogens (tertiary/aromatic N) is 3. The largest absolute Gasteiger partial charge is 0.298 e. The van der Waals surface area contributed by atoms with E-state index in [1.807, 2.05) is 38.5 Å². The Kier molecular flexibility index (Phi) is 6.85. The fourth-order valence-electron chi connectivity index (χ4n) is 3.24. The quantitative estimate of drug-likeness (QED) is 0.567. The maximum absolute atomic E-state index is 13.3. The van der Waals surface area contributed by atoms with Crippen LogP contribution < -0.4 is 0 Å². The molecule has 0 radical (unpaired) electrons. The van der Waals surface area contributed by atoms with Crippen LogP contribution in [0.25, 0.3) is 0 Å². The molecule has 28 heavy (non-hydrogen) atoms. The molecule has 0 aliphatic heterocycles. The summed E-state index contributed by atoms with van der Waals surface area (Å²) in [5, 5.41) is 0. The lowest BCUT2D eigenvalue weighted by Crippen LogP contribution is -2.19. The van der Waals surface area contributed by atoms with Gasteiger partial charge in [0.2, 0.25) is 0 Å². The van der Waals surface area contributed by atoms with Crippen molar-refractivity contribution in [2.75, 3.05) is 14.1 Å². The molecule has 1 heterocycles. The Morgan fingerprint density at radius 2 is 1.21 bits per heavy atom. The minimum atomic E-state index is -0.212. The molecule has 0 unspecified atom stereocenters. The lowest BCUT2D eigenvalue weighted by molar-refractivity contribution is 0.312. The molecule has 0 bridgehead atoms. The topological polar surface area (TPSA) is 19.4 Å². The smallest absolute Gasteiger partial charge is 0.123 e. The van der Waals surface area contributed by atoms with Crippen molar-refractivity contribution in [3.05, 3.63) is 101 Å². The van der Waals surface area contributed by atoms with Gasteiger partial charge < -0.3 is 0 Å². The van der Waals surface area contributed by atoms with E-state index in [-0.39, 0.29) is 11.6 Å². The van der Waals surface area contributed by atoms with Gasteiger partial charge in [0.05, 0.1) is 5.69 Å². The first-order valence-corrected chi connectivity index (χ1v) is 9.28. The van der Waals surface area contributed by atoms with E-state index in [2.05, 4.69) is 20.9 Å². The molecule has 3 aromatic rings. The van der Waals surface area contributed by atoms with Crippen LogP contribution in [0.4, 0.5) is 8.78 Å². The van der Waals surface area contributed by atoms with Crippen molar-refractivity contribution in [2.45, 2.75) is 26.2 Å². The van der Waals surface area contributed by atoms with Crippen molar-refractivity contribution in [2.24, 2.45) is 0 Å². The van der Waals surface area contributed by atoms with Gasteiger partial charge in [0.1, 0.15) is 11.6 Å². The van der Waals surface area contributed by atoms with Crippen molar-refractivity contribution in [1.29, 1.82) is 0 Å².